The third kappa shape index (κ3) is 4.70. The number of unbranched alkanes of at least 4 members (excludes halogenated alkanes) is 2. The molecule has 0 aromatic heterocycles. The van der Waals surface area contributed by atoms with Crippen LogP contribution >= 0.6 is 0 Å². The third-order valence-electron chi connectivity index (χ3n) is 2.44. The first-order valence-electron chi connectivity index (χ1n) is 5.76. The van der Waals surface area contributed by atoms with Crippen LogP contribution in [0.15, 0.2) is 52.4 Å². The number of benzene rings is 1. The summed E-state index contributed by atoms with van der Waals surface area (Å²) in [5.41, 5.74) is 2.78. The average molecular weight is 250 g/mol. The van der Waals surface area contributed by atoms with Crippen molar-refractivity contribution in [2.75, 3.05) is 6.61 Å². The van der Waals surface area contributed by atoms with Crippen molar-refractivity contribution in [3.63, 3.8) is 0 Å². The van der Waals surface area contributed by atoms with Crippen molar-refractivity contribution in [2.24, 2.45) is 0 Å². The molecule has 0 aliphatic heterocycles. The molecule has 0 spiro atoms. The summed E-state index contributed by atoms with van der Waals surface area (Å²) < 4.78 is 12.2. The molecule has 0 saturated carbocycles. The summed E-state index contributed by atoms with van der Waals surface area (Å²) in [6, 6.07) is 9.35. The van der Waals surface area contributed by atoms with Gasteiger partial charge in [-0.2, -0.15) is 0 Å². The van der Waals surface area contributed by atoms with E-state index in [-0.39, 0.29) is 6.61 Å². The van der Waals surface area contributed by atoms with E-state index in [1.54, 1.807) is 0 Å². The summed E-state index contributed by atoms with van der Waals surface area (Å²) in [5.74, 6) is 0. The second-order valence-electron chi connectivity index (χ2n) is 3.72. The Morgan fingerprint density at radius 2 is 1.94 bits per heavy atom. The lowest BCUT2D eigenvalue weighted by atomic mass is 10.2. The van der Waals surface area contributed by atoms with E-state index in [9.17, 15) is 4.21 Å². The minimum absolute atomic E-state index is 0.217. The Bertz CT molecular complexity index is 405. The van der Waals surface area contributed by atoms with Gasteiger partial charge in [-0.1, -0.05) is 31.2 Å². The van der Waals surface area contributed by atoms with Gasteiger partial charge in [-0.3, -0.25) is 0 Å². The topological polar surface area (TPSA) is 37.3 Å². The van der Waals surface area contributed by atoms with E-state index >= 15 is 0 Å². The fourth-order valence-corrected chi connectivity index (χ4v) is 2.66. The lowest BCUT2D eigenvalue weighted by molar-refractivity contribution is 0.283. The molecule has 0 bridgehead atoms. The Hall–Kier alpha value is -1.15. The van der Waals surface area contributed by atoms with E-state index in [0.29, 0.717) is 0 Å². The van der Waals surface area contributed by atoms with E-state index in [1.807, 2.05) is 30.3 Å². The number of rotatable bonds is 7. The third-order valence-corrected chi connectivity index (χ3v) is 3.94. The summed E-state index contributed by atoms with van der Waals surface area (Å²) in [7, 11) is -1.15. The largest absolute Gasteiger partial charge is 0.396 e. The highest BCUT2D eigenvalue weighted by Crippen LogP contribution is 2.18. The molecule has 0 fully saturated rings. The zero-order valence-corrected chi connectivity index (χ0v) is 10.7. The van der Waals surface area contributed by atoms with Crippen LogP contribution in [-0.4, -0.2) is 15.9 Å². The van der Waals surface area contributed by atoms with Crippen LogP contribution in [0.4, 0.5) is 0 Å². The van der Waals surface area contributed by atoms with Gasteiger partial charge in [-0.05, 0) is 31.4 Å². The summed E-state index contributed by atoms with van der Waals surface area (Å²) in [6.45, 7) is 3.82. The Morgan fingerprint density at radius 3 is 2.53 bits per heavy atom. The highest BCUT2D eigenvalue weighted by atomic mass is 32.2. The van der Waals surface area contributed by atoms with Gasteiger partial charge in [0.2, 0.25) is 0 Å². The lowest BCUT2D eigenvalue weighted by Gasteiger charge is -2.05. The molecule has 1 unspecified atom stereocenters. The number of hydrogen-bond donors (Lipinski definition) is 1. The normalized spacial score (nSPS) is 11.8. The molecule has 3 heteroatoms. The molecule has 0 radical (unpaired) electrons. The predicted octanol–water partition coefficient (Wildman–Crippen LogP) is 3.02. The molecular weight excluding hydrogens is 232 g/mol. The smallest absolute Gasteiger partial charge is 0.0886 e. The number of allylic oxidation sites excluding steroid dienone is 1. The second-order valence-corrected chi connectivity index (χ2v) is 5.22. The molecule has 1 aromatic carbocycles. The van der Waals surface area contributed by atoms with Crippen LogP contribution in [0, 0.1) is 0 Å². The van der Waals surface area contributed by atoms with Crippen molar-refractivity contribution in [3.8, 4) is 0 Å². The van der Waals surface area contributed by atoms with Gasteiger partial charge < -0.3 is 5.11 Å². The Morgan fingerprint density at radius 1 is 1.24 bits per heavy atom. The molecule has 1 atom stereocenters. The molecule has 0 aliphatic carbocycles. The number of aliphatic hydroxyl groups excluding tert-OH is 1. The minimum Gasteiger partial charge on any atom is -0.396 e. The molecule has 0 aliphatic rings. The van der Waals surface area contributed by atoms with Crippen LogP contribution in [0.3, 0.4) is 0 Å². The molecule has 1 aromatic rings. The van der Waals surface area contributed by atoms with Gasteiger partial charge in [0.1, 0.15) is 0 Å². The molecule has 1 rings (SSSR count). The first-order chi connectivity index (χ1) is 8.29. The summed E-state index contributed by atoms with van der Waals surface area (Å²) >= 11 is 0. The SMILES string of the molecule is C=C=C(CCCCCO)S(=O)c1ccccc1. The van der Waals surface area contributed by atoms with E-state index in [2.05, 4.69) is 12.3 Å². The Balaban J connectivity index is 2.57. The van der Waals surface area contributed by atoms with E-state index in [4.69, 9.17) is 5.11 Å². The molecule has 2 nitrogen and oxygen atoms in total. The van der Waals surface area contributed by atoms with Crippen LogP contribution in [0.1, 0.15) is 25.7 Å². The lowest BCUT2D eigenvalue weighted by Crippen LogP contribution is -1.96. The van der Waals surface area contributed by atoms with Gasteiger partial charge in [0, 0.05) is 11.5 Å². The second kappa shape index (κ2) is 8.02. The zero-order chi connectivity index (χ0) is 12.5. The van der Waals surface area contributed by atoms with E-state index < -0.39 is 10.8 Å². The van der Waals surface area contributed by atoms with Crippen LogP contribution in [0.25, 0.3) is 0 Å². The molecule has 0 heterocycles. The number of hydrogen-bond acceptors (Lipinski definition) is 2. The molecule has 0 amide bonds. The van der Waals surface area contributed by atoms with Crippen molar-refractivity contribution < 1.29 is 9.32 Å². The van der Waals surface area contributed by atoms with Crippen molar-refractivity contribution in [2.45, 2.75) is 30.6 Å². The van der Waals surface area contributed by atoms with Gasteiger partial charge in [-0.25, -0.2) is 4.21 Å². The zero-order valence-electron chi connectivity index (χ0n) is 9.89. The van der Waals surface area contributed by atoms with Gasteiger partial charge in [-0.15, -0.1) is 5.73 Å². The quantitative estimate of drug-likeness (QED) is 0.596. The molecule has 92 valence electrons. The van der Waals surface area contributed by atoms with Crippen molar-refractivity contribution >= 4 is 10.8 Å². The highest BCUT2D eigenvalue weighted by molar-refractivity contribution is 7.89. The summed E-state index contributed by atoms with van der Waals surface area (Å²) in [4.78, 5) is 1.54. The molecule has 17 heavy (non-hydrogen) atoms. The molecule has 0 saturated heterocycles. The highest BCUT2D eigenvalue weighted by Gasteiger charge is 2.08. The fourth-order valence-electron chi connectivity index (χ4n) is 1.51. The average Bonchev–Trinajstić information content (AvgIpc) is 2.39. The van der Waals surface area contributed by atoms with Crippen LogP contribution in [0.2, 0.25) is 0 Å². The fraction of sp³-hybridized carbons (Fsp3) is 0.357. The summed E-state index contributed by atoms with van der Waals surface area (Å²) in [5, 5.41) is 8.68. The maximum atomic E-state index is 12.2. The van der Waals surface area contributed by atoms with Crippen molar-refractivity contribution in [3.05, 3.63) is 47.5 Å². The summed E-state index contributed by atoms with van der Waals surface area (Å²) in [6.07, 6.45) is 3.37. The van der Waals surface area contributed by atoms with Crippen molar-refractivity contribution in [1.82, 2.24) is 0 Å². The van der Waals surface area contributed by atoms with E-state index in [1.165, 1.54) is 0 Å². The van der Waals surface area contributed by atoms with Crippen LogP contribution in [0.5, 0.6) is 0 Å². The predicted molar refractivity (Wildman–Crippen MR) is 71.1 cm³/mol. The van der Waals surface area contributed by atoms with Gasteiger partial charge >= 0.3 is 0 Å². The maximum absolute atomic E-state index is 12.2. The first-order valence-corrected chi connectivity index (χ1v) is 6.91. The Labute approximate surface area is 105 Å². The minimum atomic E-state index is -1.15. The van der Waals surface area contributed by atoms with Gasteiger partial charge in [0.25, 0.3) is 0 Å². The van der Waals surface area contributed by atoms with Crippen LogP contribution < -0.4 is 0 Å². The number of aliphatic hydroxyl groups is 1. The van der Waals surface area contributed by atoms with Crippen LogP contribution in [-0.2, 0) is 10.8 Å². The monoisotopic (exact) mass is 250 g/mol. The van der Waals surface area contributed by atoms with E-state index in [0.717, 1.165) is 35.5 Å². The standard InChI is InChI=1S/C14H18O2S/c1-2-13(9-7-4-8-12-15)17(16)14-10-5-3-6-11-14/h3,5-6,10-11,15H,1,4,7-9,12H2. The maximum Gasteiger partial charge on any atom is 0.0886 e. The van der Waals surface area contributed by atoms with Gasteiger partial charge in [0.15, 0.2) is 0 Å². The van der Waals surface area contributed by atoms with Crippen molar-refractivity contribution in [1.29, 1.82) is 0 Å². The Kier molecular flexibility index (Phi) is 6.56. The van der Waals surface area contributed by atoms with Gasteiger partial charge in [0.05, 0.1) is 15.7 Å². The molecule has 1 N–H and O–H groups in total. The first kappa shape index (κ1) is 13.9. The molecular formula is C14H18O2S.